The van der Waals surface area contributed by atoms with Gasteiger partial charge in [-0.1, -0.05) is 24.8 Å². The molecule has 0 aliphatic heterocycles. The normalized spacial score (nSPS) is 11.7. The van der Waals surface area contributed by atoms with Gasteiger partial charge in [0.15, 0.2) is 0 Å². The van der Waals surface area contributed by atoms with Gasteiger partial charge in [-0.05, 0) is 6.07 Å². The number of benzene rings is 1. The molecule has 0 radical (unpaired) electrons. The van der Waals surface area contributed by atoms with Crippen LogP contribution in [-0.2, 0) is 9.53 Å². The van der Waals surface area contributed by atoms with Gasteiger partial charge < -0.3 is 14.6 Å². The average molecular weight is 222 g/mol. The van der Waals surface area contributed by atoms with Crippen molar-refractivity contribution in [3.63, 3.8) is 0 Å². The number of carbonyl (C=O) groups excluding carboxylic acids is 1. The minimum atomic E-state index is -1.12. The van der Waals surface area contributed by atoms with Crippen LogP contribution in [0.5, 0.6) is 5.75 Å². The zero-order valence-electron chi connectivity index (χ0n) is 9.27. The lowest BCUT2D eigenvalue weighted by molar-refractivity contribution is -0.137. The zero-order valence-corrected chi connectivity index (χ0v) is 9.27. The molecule has 4 heteroatoms. The molecular formula is C12H14O4. The van der Waals surface area contributed by atoms with E-state index in [2.05, 4.69) is 11.3 Å². The van der Waals surface area contributed by atoms with Crippen LogP contribution in [0.3, 0.4) is 0 Å². The number of esters is 1. The molecule has 0 aliphatic carbocycles. The van der Waals surface area contributed by atoms with E-state index in [4.69, 9.17) is 4.74 Å². The molecule has 1 rings (SSSR count). The van der Waals surface area contributed by atoms with Crippen LogP contribution in [-0.4, -0.2) is 25.3 Å². The van der Waals surface area contributed by atoms with Crippen LogP contribution in [0.2, 0.25) is 0 Å². The number of para-hydroxylation sites is 1. The van der Waals surface area contributed by atoms with Crippen molar-refractivity contribution in [3.05, 3.63) is 42.0 Å². The minimum Gasteiger partial charge on any atom is -0.496 e. The Hall–Kier alpha value is -1.81. The first kappa shape index (κ1) is 12.3. The number of hydrogen-bond acceptors (Lipinski definition) is 4. The largest absolute Gasteiger partial charge is 0.496 e. The number of aliphatic hydroxyl groups excluding tert-OH is 1. The highest BCUT2D eigenvalue weighted by Crippen LogP contribution is 2.29. The summed E-state index contributed by atoms with van der Waals surface area (Å²) in [5.41, 5.74) is 0.465. The molecular weight excluding hydrogens is 208 g/mol. The Balaban J connectivity index is 3.00. The average Bonchev–Trinajstić information content (AvgIpc) is 2.35. The maximum Gasteiger partial charge on any atom is 0.336 e. The predicted molar refractivity (Wildman–Crippen MR) is 59.1 cm³/mol. The van der Waals surface area contributed by atoms with Gasteiger partial charge in [-0.2, -0.15) is 0 Å². The summed E-state index contributed by atoms with van der Waals surface area (Å²) < 4.78 is 9.57. The second-order valence-electron chi connectivity index (χ2n) is 3.16. The first-order chi connectivity index (χ1) is 7.61. The van der Waals surface area contributed by atoms with Gasteiger partial charge in [-0.15, -0.1) is 0 Å². The van der Waals surface area contributed by atoms with Crippen molar-refractivity contribution in [1.29, 1.82) is 0 Å². The number of ether oxygens (including phenoxy) is 2. The third-order valence-corrected chi connectivity index (χ3v) is 2.21. The monoisotopic (exact) mass is 222 g/mol. The Morgan fingerprint density at radius 2 is 2.00 bits per heavy atom. The molecule has 1 aromatic rings. The maximum atomic E-state index is 11.2. The van der Waals surface area contributed by atoms with E-state index in [0.717, 1.165) is 0 Å². The molecule has 0 bridgehead atoms. The van der Waals surface area contributed by atoms with Crippen molar-refractivity contribution in [3.8, 4) is 5.75 Å². The molecule has 1 N–H and O–H groups in total. The molecule has 0 fully saturated rings. The lowest BCUT2D eigenvalue weighted by Crippen LogP contribution is -2.12. The molecule has 4 nitrogen and oxygen atoms in total. The lowest BCUT2D eigenvalue weighted by atomic mass is 10.0. The molecule has 0 unspecified atom stereocenters. The standard InChI is InChI=1S/C12H14O4/c1-8(12(14)16-3)11(13)9-6-4-5-7-10(9)15-2/h4-7,11,13H,1H2,2-3H3/t11-/m1/s1. The molecule has 0 aromatic heterocycles. The highest BCUT2D eigenvalue weighted by atomic mass is 16.5. The van der Waals surface area contributed by atoms with Gasteiger partial charge in [0.2, 0.25) is 0 Å². The fourth-order valence-corrected chi connectivity index (χ4v) is 1.32. The summed E-state index contributed by atoms with van der Waals surface area (Å²) in [4.78, 5) is 11.2. The highest BCUT2D eigenvalue weighted by Gasteiger charge is 2.21. The molecule has 0 saturated heterocycles. The van der Waals surface area contributed by atoms with E-state index in [1.165, 1.54) is 14.2 Å². The predicted octanol–water partition coefficient (Wildman–Crippen LogP) is 1.46. The minimum absolute atomic E-state index is 0.0213. The first-order valence-corrected chi connectivity index (χ1v) is 4.70. The summed E-state index contributed by atoms with van der Waals surface area (Å²) in [6, 6.07) is 6.88. The quantitative estimate of drug-likeness (QED) is 0.619. The number of carbonyl (C=O) groups is 1. The third kappa shape index (κ3) is 2.41. The van der Waals surface area contributed by atoms with Gasteiger partial charge >= 0.3 is 5.97 Å². The van der Waals surface area contributed by atoms with Gasteiger partial charge in [-0.25, -0.2) is 4.79 Å². The van der Waals surface area contributed by atoms with E-state index in [1.807, 2.05) is 0 Å². The van der Waals surface area contributed by atoms with Crippen molar-refractivity contribution in [1.82, 2.24) is 0 Å². The molecule has 0 amide bonds. The topological polar surface area (TPSA) is 55.8 Å². The van der Waals surface area contributed by atoms with Crippen LogP contribution >= 0.6 is 0 Å². The van der Waals surface area contributed by atoms with E-state index in [1.54, 1.807) is 24.3 Å². The second kappa shape index (κ2) is 5.32. The summed E-state index contributed by atoms with van der Waals surface area (Å²) in [6.07, 6.45) is -1.12. The summed E-state index contributed by atoms with van der Waals surface area (Å²) in [5, 5.41) is 9.92. The van der Waals surface area contributed by atoms with Crippen molar-refractivity contribution in [2.45, 2.75) is 6.10 Å². The summed E-state index contributed by atoms with van der Waals surface area (Å²) in [5.74, 6) is -0.140. The zero-order chi connectivity index (χ0) is 12.1. The molecule has 1 atom stereocenters. The smallest absolute Gasteiger partial charge is 0.336 e. The summed E-state index contributed by atoms with van der Waals surface area (Å²) in [7, 11) is 2.73. The lowest BCUT2D eigenvalue weighted by Gasteiger charge is -2.15. The molecule has 0 aliphatic rings. The van der Waals surface area contributed by atoms with E-state index < -0.39 is 12.1 Å². The Kier molecular flexibility index (Phi) is 4.08. The first-order valence-electron chi connectivity index (χ1n) is 4.70. The van der Waals surface area contributed by atoms with Crippen LogP contribution in [0.15, 0.2) is 36.4 Å². The number of hydrogen-bond donors (Lipinski definition) is 1. The number of aliphatic hydroxyl groups is 1. The van der Waals surface area contributed by atoms with Crippen molar-refractivity contribution in [2.24, 2.45) is 0 Å². The Labute approximate surface area is 94.1 Å². The van der Waals surface area contributed by atoms with Crippen LogP contribution in [0.4, 0.5) is 0 Å². The van der Waals surface area contributed by atoms with Crippen LogP contribution < -0.4 is 4.74 Å². The molecule has 0 saturated carbocycles. The summed E-state index contributed by atoms with van der Waals surface area (Å²) in [6.45, 7) is 3.50. The maximum absolute atomic E-state index is 11.2. The molecule has 0 heterocycles. The SMILES string of the molecule is C=C(C(=O)OC)[C@@H](O)c1ccccc1OC. The van der Waals surface area contributed by atoms with Gasteiger partial charge in [-0.3, -0.25) is 0 Å². The fourth-order valence-electron chi connectivity index (χ4n) is 1.32. The van der Waals surface area contributed by atoms with Crippen LogP contribution in [0.25, 0.3) is 0 Å². The molecule has 86 valence electrons. The highest BCUT2D eigenvalue weighted by molar-refractivity contribution is 5.89. The molecule has 16 heavy (non-hydrogen) atoms. The van der Waals surface area contributed by atoms with Crippen molar-refractivity contribution < 1.29 is 19.4 Å². The van der Waals surface area contributed by atoms with E-state index >= 15 is 0 Å². The van der Waals surface area contributed by atoms with E-state index in [0.29, 0.717) is 11.3 Å². The molecule has 0 spiro atoms. The van der Waals surface area contributed by atoms with Gasteiger partial charge in [0, 0.05) is 5.56 Å². The fraction of sp³-hybridized carbons (Fsp3) is 0.250. The van der Waals surface area contributed by atoms with Crippen LogP contribution in [0.1, 0.15) is 11.7 Å². The van der Waals surface area contributed by atoms with Gasteiger partial charge in [0.05, 0.1) is 19.8 Å². The summed E-state index contributed by atoms with van der Waals surface area (Å²) >= 11 is 0. The van der Waals surface area contributed by atoms with E-state index in [9.17, 15) is 9.90 Å². The number of methoxy groups -OCH3 is 2. The van der Waals surface area contributed by atoms with Crippen LogP contribution in [0, 0.1) is 0 Å². The van der Waals surface area contributed by atoms with Gasteiger partial charge in [0.1, 0.15) is 11.9 Å². The Morgan fingerprint density at radius 3 is 2.56 bits per heavy atom. The van der Waals surface area contributed by atoms with Crippen molar-refractivity contribution >= 4 is 5.97 Å². The third-order valence-electron chi connectivity index (χ3n) is 2.21. The Morgan fingerprint density at radius 1 is 1.38 bits per heavy atom. The van der Waals surface area contributed by atoms with Crippen molar-refractivity contribution in [2.75, 3.05) is 14.2 Å². The Bertz CT molecular complexity index is 398. The second-order valence-corrected chi connectivity index (χ2v) is 3.16. The van der Waals surface area contributed by atoms with Gasteiger partial charge in [0.25, 0.3) is 0 Å². The number of rotatable bonds is 4. The van der Waals surface area contributed by atoms with E-state index in [-0.39, 0.29) is 5.57 Å². The molecule has 1 aromatic carbocycles.